The number of fused-ring (bicyclic) bond motifs is 1. The predicted octanol–water partition coefficient (Wildman–Crippen LogP) is 8.00. The number of rotatable bonds is 12. The molecule has 3 aromatic carbocycles. The molecule has 0 aliphatic rings. The van der Waals surface area contributed by atoms with Crippen LogP contribution in [0.4, 0.5) is 22.0 Å². The fraction of sp³-hybridized carbons (Fsp3) is 0.300. The molecule has 0 saturated heterocycles. The maximum Gasteiger partial charge on any atom is 0.387 e. The van der Waals surface area contributed by atoms with E-state index in [0.717, 1.165) is 60.2 Å². The lowest BCUT2D eigenvalue weighted by Crippen LogP contribution is -2.06. The normalized spacial score (nSPS) is 11.3. The van der Waals surface area contributed by atoms with Crippen molar-refractivity contribution in [1.29, 1.82) is 0 Å². The van der Waals surface area contributed by atoms with Crippen LogP contribution in [0.25, 0.3) is 10.8 Å². The van der Waals surface area contributed by atoms with Crippen LogP contribution >= 0.6 is 0 Å². The third kappa shape index (κ3) is 7.00. The van der Waals surface area contributed by atoms with Crippen molar-refractivity contribution in [3.63, 3.8) is 0 Å². The van der Waals surface area contributed by atoms with Crippen molar-refractivity contribution in [2.24, 2.45) is 0 Å². The number of nitrogens with zero attached hydrogens (tertiary/aromatic N) is 1. The smallest absolute Gasteiger partial charge is 0.387 e. The maximum absolute atomic E-state index is 15.2. The molecule has 3 nitrogen and oxygen atoms in total. The van der Waals surface area contributed by atoms with Gasteiger partial charge in [0.15, 0.2) is 17.4 Å². The Bertz CT molecular complexity index is 1350. The topological polar surface area (TPSA) is 31.4 Å². The van der Waals surface area contributed by atoms with Gasteiger partial charge in [0, 0.05) is 11.1 Å². The third-order valence-electron chi connectivity index (χ3n) is 6.28. The molecule has 0 saturated carbocycles. The summed E-state index contributed by atoms with van der Waals surface area (Å²) in [6.07, 6.45) is 5.58. The summed E-state index contributed by atoms with van der Waals surface area (Å²) < 4.78 is 77.3. The first kappa shape index (κ1) is 27.4. The Hall–Kier alpha value is -3.68. The second kappa shape index (κ2) is 12.7. The Balaban J connectivity index is 1.39. The number of aryl methyl sites for hydroxylation is 4. The zero-order valence-electron chi connectivity index (χ0n) is 21.0. The Kier molecular flexibility index (Phi) is 9.15. The molecule has 4 aromatic rings. The van der Waals surface area contributed by atoms with Gasteiger partial charge < -0.3 is 9.47 Å². The highest BCUT2D eigenvalue weighted by molar-refractivity contribution is 5.84. The summed E-state index contributed by atoms with van der Waals surface area (Å²) in [4.78, 5) is 4.46. The van der Waals surface area contributed by atoms with Crippen LogP contribution in [-0.4, -0.2) is 18.2 Å². The Labute approximate surface area is 218 Å². The maximum atomic E-state index is 15.2. The second-order valence-electron chi connectivity index (χ2n) is 9.05. The van der Waals surface area contributed by atoms with E-state index in [1.54, 1.807) is 18.3 Å². The first-order valence-electron chi connectivity index (χ1n) is 12.5. The fourth-order valence-electron chi connectivity index (χ4n) is 4.22. The molecule has 200 valence electrons. The highest BCUT2D eigenvalue weighted by Crippen LogP contribution is 2.27. The average molecular weight is 530 g/mol. The van der Waals surface area contributed by atoms with Crippen molar-refractivity contribution < 1.29 is 31.4 Å². The molecule has 0 N–H and O–H groups in total. The van der Waals surface area contributed by atoms with Gasteiger partial charge >= 0.3 is 6.61 Å². The molecule has 1 aromatic heterocycles. The second-order valence-corrected chi connectivity index (χ2v) is 9.05. The van der Waals surface area contributed by atoms with Gasteiger partial charge in [0.05, 0.1) is 12.8 Å². The number of halogens is 5. The zero-order valence-corrected chi connectivity index (χ0v) is 21.0. The van der Waals surface area contributed by atoms with Gasteiger partial charge in [0.2, 0.25) is 0 Å². The summed E-state index contributed by atoms with van der Waals surface area (Å²) in [6.45, 7) is -0.551. The van der Waals surface area contributed by atoms with Crippen LogP contribution in [0.15, 0.2) is 60.8 Å². The van der Waals surface area contributed by atoms with Gasteiger partial charge in [0.1, 0.15) is 11.6 Å². The lowest BCUT2D eigenvalue weighted by atomic mass is 9.97. The number of unbranched alkanes of at least 4 members (excludes halogenated alkanes) is 1. The van der Waals surface area contributed by atoms with Crippen LogP contribution in [0.3, 0.4) is 0 Å². The van der Waals surface area contributed by atoms with Crippen LogP contribution in [0.2, 0.25) is 0 Å². The number of alkyl halides is 2. The Morgan fingerprint density at radius 3 is 2.26 bits per heavy atom. The van der Waals surface area contributed by atoms with E-state index in [0.29, 0.717) is 17.6 Å². The summed E-state index contributed by atoms with van der Waals surface area (Å²) in [6, 6.07) is 14.7. The molecule has 0 aliphatic carbocycles. The summed E-state index contributed by atoms with van der Waals surface area (Å²) in [5, 5.41) is 1.21. The number of pyridine rings is 1. The summed E-state index contributed by atoms with van der Waals surface area (Å²) >= 11 is 0. The Morgan fingerprint density at radius 2 is 1.58 bits per heavy atom. The van der Waals surface area contributed by atoms with E-state index < -0.39 is 29.8 Å². The number of hydrogen-bond donors (Lipinski definition) is 0. The summed E-state index contributed by atoms with van der Waals surface area (Å²) in [5.41, 5.74) is 2.60. The minimum Gasteiger partial charge on any atom is -0.492 e. The van der Waals surface area contributed by atoms with Crippen molar-refractivity contribution in [3.8, 4) is 11.5 Å². The first-order valence-corrected chi connectivity index (χ1v) is 12.5. The van der Waals surface area contributed by atoms with Crippen molar-refractivity contribution in [2.75, 3.05) is 6.61 Å². The van der Waals surface area contributed by atoms with E-state index in [2.05, 4.69) is 16.6 Å². The van der Waals surface area contributed by atoms with E-state index in [4.69, 9.17) is 4.74 Å². The lowest BCUT2D eigenvalue weighted by molar-refractivity contribution is -0.0546. The molecule has 1 heterocycles. The first-order chi connectivity index (χ1) is 18.3. The highest BCUT2D eigenvalue weighted by Gasteiger charge is 2.17. The summed E-state index contributed by atoms with van der Waals surface area (Å²) in [5.74, 6) is -3.21. The molecule has 0 atom stereocenters. The molecular weight excluding hydrogens is 501 g/mol. The van der Waals surface area contributed by atoms with Crippen LogP contribution in [-0.2, 0) is 25.7 Å². The van der Waals surface area contributed by atoms with Crippen molar-refractivity contribution in [1.82, 2.24) is 4.98 Å². The van der Waals surface area contributed by atoms with Gasteiger partial charge in [0.25, 0.3) is 0 Å². The minimum atomic E-state index is -3.34. The molecule has 0 spiro atoms. The van der Waals surface area contributed by atoms with Crippen molar-refractivity contribution >= 4 is 10.8 Å². The molecule has 0 aliphatic heterocycles. The monoisotopic (exact) mass is 529 g/mol. The van der Waals surface area contributed by atoms with Crippen LogP contribution in [0, 0.1) is 17.5 Å². The molecule has 0 bridgehead atoms. The highest BCUT2D eigenvalue weighted by atomic mass is 19.3. The quantitative estimate of drug-likeness (QED) is 0.138. The minimum absolute atomic E-state index is 0.124. The van der Waals surface area contributed by atoms with E-state index in [-0.39, 0.29) is 18.4 Å². The van der Waals surface area contributed by atoms with E-state index in [1.165, 1.54) is 0 Å². The standard InChI is InChI=1S/C30H28F5NO2/c1-2-3-14-37-24-12-11-23(36-18-24)10-5-19-6-13-25-22(15-19)9-8-21(28(25)33)7-4-20-16-26(31)29(27(32)17-20)38-30(34)35/h6,8-9,11-13,15-18,30H,2-5,7,10,14H2,1H3. The SMILES string of the molecule is CCCCOc1ccc(CCc2ccc3c(F)c(CCc4cc(F)c(OC(F)F)c(F)c4)ccc3c2)nc1. The van der Waals surface area contributed by atoms with Gasteiger partial charge in [-0.2, -0.15) is 8.78 Å². The number of hydrogen-bond acceptors (Lipinski definition) is 3. The predicted molar refractivity (Wildman–Crippen MR) is 136 cm³/mol. The van der Waals surface area contributed by atoms with Crippen LogP contribution in [0.1, 0.15) is 42.1 Å². The Morgan fingerprint density at radius 1 is 0.816 bits per heavy atom. The molecule has 0 fully saturated rings. The molecule has 0 unspecified atom stereocenters. The van der Waals surface area contributed by atoms with E-state index in [9.17, 15) is 17.6 Å². The molecule has 0 radical (unpaired) electrons. The molecule has 8 heteroatoms. The fourth-order valence-corrected chi connectivity index (χ4v) is 4.22. The molecule has 0 amide bonds. The van der Waals surface area contributed by atoms with Gasteiger partial charge in [-0.3, -0.25) is 4.98 Å². The molecule has 38 heavy (non-hydrogen) atoms. The van der Waals surface area contributed by atoms with E-state index in [1.807, 2.05) is 30.3 Å². The number of benzene rings is 3. The van der Waals surface area contributed by atoms with Crippen molar-refractivity contribution in [3.05, 3.63) is 101 Å². The van der Waals surface area contributed by atoms with Crippen molar-refractivity contribution in [2.45, 2.75) is 52.1 Å². The summed E-state index contributed by atoms with van der Waals surface area (Å²) in [7, 11) is 0. The van der Waals surface area contributed by atoms with Crippen LogP contribution < -0.4 is 9.47 Å². The average Bonchev–Trinajstić information content (AvgIpc) is 2.90. The van der Waals surface area contributed by atoms with Crippen LogP contribution in [0.5, 0.6) is 11.5 Å². The van der Waals surface area contributed by atoms with Gasteiger partial charge in [-0.25, -0.2) is 13.2 Å². The molecule has 4 rings (SSSR count). The van der Waals surface area contributed by atoms with Gasteiger partial charge in [-0.1, -0.05) is 43.7 Å². The third-order valence-corrected chi connectivity index (χ3v) is 6.28. The zero-order chi connectivity index (χ0) is 27.1. The van der Waals surface area contributed by atoms with E-state index >= 15 is 4.39 Å². The number of ether oxygens (including phenoxy) is 2. The molecular formula is C30H28F5NO2. The number of aromatic nitrogens is 1. The van der Waals surface area contributed by atoms with Gasteiger partial charge in [-0.05, 0) is 78.4 Å². The largest absolute Gasteiger partial charge is 0.492 e. The lowest BCUT2D eigenvalue weighted by Gasteiger charge is -2.11. The van der Waals surface area contributed by atoms with Gasteiger partial charge in [-0.15, -0.1) is 0 Å².